The van der Waals surface area contributed by atoms with Gasteiger partial charge in [0.1, 0.15) is 0 Å². The topological polar surface area (TPSA) is 58.6 Å². The van der Waals surface area contributed by atoms with Crippen LogP contribution in [-0.2, 0) is 27.5 Å². The van der Waals surface area contributed by atoms with Crippen LogP contribution in [0.1, 0.15) is 30.4 Å². The van der Waals surface area contributed by atoms with Crippen LogP contribution in [-0.4, -0.2) is 29.8 Å². The smallest absolute Gasteiger partial charge is 0.246 e. The Morgan fingerprint density at radius 1 is 0.926 bits per heavy atom. The van der Waals surface area contributed by atoms with Crippen LogP contribution in [0.2, 0.25) is 0 Å². The molecule has 1 saturated heterocycles. The quantitative estimate of drug-likeness (QED) is 0.766. The van der Waals surface area contributed by atoms with Gasteiger partial charge in [-0.05, 0) is 30.4 Å². The number of likely N-dealkylation sites (tertiary alicyclic amines) is 1. The zero-order chi connectivity index (χ0) is 18.9. The molecule has 3 rings (SSSR count). The summed E-state index contributed by atoms with van der Waals surface area (Å²) in [6, 6.07) is 19.8. The number of nitrogens with one attached hydrogen (secondary N) is 1. The first-order valence-corrected chi connectivity index (χ1v) is 9.49. The highest BCUT2D eigenvalue weighted by Gasteiger charge is 2.27. The van der Waals surface area contributed by atoms with E-state index in [0.717, 1.165) is 12.0 Å². The molecule has 0 bridgehead atoms. The second kappa shape index (κ2) is 9.88. The third kappa shape index (κ3) is 5.93. The van der Waals surface area contributed by atoms with Gasteiger partial charge in [0.15, 0.2) is 0 Å². The van der Waals surface area contributed by atoms with Gasteiger partial charge in [-0.15, -0.1) is 0 Å². The minimum absolute atomic E-state index is 0.0951. The molecule has 1 heterocycles. The average molecular weight is 366 g/mol. The second-order valence-corrected chi connectivity index (χ2v) is 6.88. The normalized spacial score (nSPS) is 14.7. The predicted molar refractivity (Wildman–Crippen MR) is 103 cm³/mol. The van der Waals surface area contributed by atoms with Gasteiger partial charge in [0.25, 0.3) is 0 Å². The van der Waals surface area contributed by atoms with Gasteiger partial charge in [0, 0.05) is 25.4 Å². The van der Waals surface area contributed by atoms with E-state index in [1.165, 1.54) is 5.56 Å². The maximum Gasteiger partial charge on any atom is 0.246 e. The van der Waals surface area contributed by atoms with E-state index in [0.29, 0.717) is 39.0 Å². The molecule has 0 saturated carbocycles. The molecule has 0 spiro atoms. The summed E-state index contributed by atoms with van der Waals surface area (Å²) in [6.45, 7) is 1.61. The molecule has 1 N–H and O–H groups in total. The Morgan fingerprint density at radius 3 is 2.15 bits per heavy atom. The van der Waals surface area contributed by atoms with Crippen LogP contribution < -0.4 is 5.48 Å². The summed E-state index contributed by atoms with van der Waals surface area (Å²) < 4.78 is 0. The van der Waals surface area contributed by atoms with Crippen LogP contribution in [0, 0.1) is 5.92 Å². The number of hydrogen-bond acceptors (Lipinski definition) is 3. The van der Waals surface area contributed by atoms with Gasteiger partial charge in [0.2, 0.25) is 11.8 Å². The van der Waals surface area contributed by atoms with Gasteiger partial charge in [0.05, 0.1) is 6.61 Å². The van der Waals surface area contributed by atoms with E-state index < -0.39 is 0 Å². The molecule has 2 aromatic carbocycles. The maximum absolute atomic E-state index is 12.4. The Labute approximate surface area is 160 Å². The lowest BCUT2D eigenvalue weighted by atomic mass is 9.96. The zero-order valence-corrected chi connectivity index (χ0v) is 15.5. The van der Waals surface area contributed by atoms with E-state index in [-0.39, 0.29) is 17.7 Å². The van der Waals surface area contributed by atoms with Crippen molar-refractivity contribution in [3.63, 3.8) is 0 Å². The van der Waals surface area contributed by atoms with Crippen LogP contribution in [0.5, 0.6) is 0 Å². The summed E-state index contributed by atoms with van der Waals surface area (Å²) in [5.41, 5.74) is 4.74. The minimum Gasteiger partial charge on any atom is -0.343 e. The maximum atomic E-state index is 12.4. The lowest BCUT2D eigenvalue weighted by molar-refractivity contribution is -0.143. The molecule has 1 aliphatic heterocycles. The first-order chi connectivity index (χ1) is 13.2. The van der Waals surface area contributed by atoms with E-state index in [1.807, 2.05) is 65.6 Å². The number of piperidine rings is 1. The van der Waals surface area contributed by atoms with Crippen molar-refractivity contribution in [1.29, 1.82) is 0 Å². The van der Waals surface area contributed by atoms with E-state index in [1.54, 1.807) is 0 Å². The molecule has 0 radical (unpaired) electrons. The first-order valence-electron chi connectivity index (χ1n) is 9.49. The van der Waals surface area contributed by atoms with E-state index in [4.69, 9.17) is 4.84 Å². The molecular weight excluding hydrogens is 340 g/mol. The number of amides is 2. The van der Waals surface area contributed by atoms with Gasteiger partial charge in [-0.2, -0.15) is 0 Å². The van der Waals surface area contributed by atoms with Crippen molar-refractivity contribution in [2.45, 2.75) is 32.3 Å². The zero-order valence-electron chi connectivity index (χ0n) is 15.5. The Morgan fingerprint density at radius 2 is 1.52 bits per heavy atom. The lowest BCUT2D eigenvalue weighted by Crippen LogP contribution is -2.43. The largest absolute Gasteiger partial charge is 0.343 e. The molecule has 5 nitrogen and oxygen atoms in total. The Bertz CT molecular complexity index is 726. The molecular formula is C22H26N2O3. The first kappa shape index (κ1) is 19.1. The van der Waals surface area contributed by atoms with Crippen molar-refractivity contribution in [1.82, 2.24) is 10.4 Å². The number of nitrogens with zero attached hydrogens (tertiary/aromatic N) is 1. The fourth-order valence-electron chi connectivity index (χ4n) is 3.29. The lowest BCUT2D eigenvalue weighted by Gasteiger charge is -2.31. The van der Waals surface area contributed by atoms with Crippen molar-refractivity contribution in [3.8, 4) is 0 Å². The molecule has 0 aromatic heterocycles. The van der Waals surface area contributed by atoms with Gasteiger partial charge in [-0.3, -0.25) is 14.4 Å². The molecule has 5 heteroatoms. The van der Waals surface area contributed by atoms with Crippen LogP contribution >= 0.6 is 0 Å². The number of aryl methyl sites for hydroxylation is 1. The molecule has 0 aliphatic carbocycles. The minimum atomic E-state index is -0.0982. The fraction of sp³-hybridized carbons (Fsp3) is 0.364. The van der Waals surface area contributed by atoms with Gasteiger partial charge < -0.3 is 4.90 Å². The summed E-state index contributed by atoms with van der Waals surface area (Å²) >= 11 is 0. The SMILES string of the molecule is O=C(NOCc1ccccc1)C1CCN(C(=O)CCc2ccccc2)CC1. The molecule has 2 amide bonds. The van der Waals surface area contributed by atoms with E-state index in [2.05, 4.69) is 5.48 Å². The fourth-order valence-corrected chi connectivity index (χ4v) is 3.29. The Hall–Kier alpha value is -2.66. The standard InChI is InChI=1S/C22H26N2O3/c25-21(12-11-18-7-3-1-4-8-18)24-15-13-20(14-16-24)22(26)23-27-17-19-9-5-2-6-10-19/h1-10,20H,11-17H2,(H,23,26). The number of benzene rings is 2. The van der Waals surface area contributed by atoms with Crippen molar-refractivity contribution >= 4 is 11.8 Å². The number of hydrogen-bond donors (Lipinski definition) is 1. The van der Waals surface area contributed by atoms with E-state index in [9.17, 15) is 9.59 Å². The van der Waals surface area contributed by atoms with Gasteiger partial charge in [-0.25, -0.2) is 5.48 Å². The van der Waals surface area contributed by atoms with Crippen LogP contribution in [0.4, 0.5) is 0 Å². The number of carbonyl (C=O) groups excluding carboxylic acids is 2. The average Bonchev–Trinajstić information content (AvgIpc) is 2.73. The highest BCUT2D eigenvalue weighted by atomic mass is 16.6. The molecule has 142 valence electrons. The van der Waals surface area contributed by atoms with Crippen LogP contribution in [0.15, 0.2) is 60.7 Å². The molecule has 1 aliphatic rings. The van der Waals surface area contributed by atoms with Crippen LogP contribution in [0.25, 0.3) is 0 Å². The predicted octanol–water partition coefficient (Wildman–Crippen LogP) is 3.11. The van der Waals surface area contributed by atoms with Crippen molar-refractivity contribution in [3.05, 3.63) is 71.8 Å². The molecule has 27 heavy (non-hydrogen) atoms. The summed E-state index contributed by atoms with van der Waals surface area (Å²) in [7, 11) is 0. The summed E-state index contributed by atoms with van der Waals surface area (Å²) in [5, 5.41) is 0. The summed E-state index contributed by atoms with van der Waals surface area (Å²) in [5.74, 6) is -0.0284. The molecule has 0 unspecified atom stereocenters. The van der Waals surface area contributed by atoms with Gasteiger partial charge >= 0.3 is 0 Å². The molecule has 0 atom stereocenters. The van der Waals surface area contributed by atoms with E-state index >= 15 is 0 Å². The highest BCUT2D eigenvalue weighted by Crippen LogP contribution is 2.18. The summed E-state index contributed by atoms with van der Waals surface area (Å²) in [4.78, 5) is 31.8. The highest BCUT2D eigenvalue weighted by molar-refractivity contribution is 5.79. The monoisotopic (exact) mass is 366 g/mol. The molecule has 1 fully saturated rings. The summed E-state index contributed by atoms with van der Waals surface area (Å²) in [6.07, 6.45) is 2.63. The number of rotatable bonds is 7. The number of hydroxylamine groups is 1. The van der Waals surface area contributed by atoms with Crippen molar-refractivity contribution in [2.75, 3.05) is 13.1 Å². The number of carbonyl (C=O) groups is 2. The third-order valence-electron chi connectivity index (χ3n) is 4.94. The second-order valence-electron chi connectivity index (χ2n) is 6.88. The van der Waals surface area contributed by atoms with Crippen LogP contribution in [0.3, 0.4) is 0 Å². The Balaban J connectivity index is 1.35. The molecule has 2 aromatic rings. The van der Waals surface area contributed by atoms with Crippen molar-refractivity contribution < 1.29 is 14.4 Å². The van der Waals surface area contributed by atoms with Gasteiger partial charge in [-0.1, -0.05) is 60.7 Å². The third-order valence-corrected chi connectivity index (χ3v) is 4.94. The van der Waals surface area contributed by atoms with Crippen molar-refractivity contribution in [2.24, 2.45) is 5.92 Å². The Kier molecular flexibility index (Phi) is 6.99.